The van der Waals surface area contributed by atoms with Crippen LogP contribution in [0.4, 0.5) is 0 Å². The summed E-state index contributed by atoms with van der Waals surface area (Å²) in [4.78, 5) is 11.7. The van der Waals surface area contributed by atoms with E-state index in [1.165, 1.54) is 0 Å². The Labute approximate surface area is 96.5 Å². The number of aromatic hydroxyl groups is 1. The lowest BCUT2D eigenvalue weighted by atomic mass is 10.1. The fourth-order valence-electron chi connectivity index (χ4n) is 1.60. The van der Waals surface area contributed by atoms with Crippen molar-refractivity contribution in [1.82, 2.24) is 5.32 Å². The number of amides is 1. The normalized spacial score (nSPS) is 10.4. The van der Waals surface area contributed by atoms with Crippen molar-refractivity contribution in [3.8, 4) is 5.75 Å². The highest BCUT2D eigenvalue weighted by molar-refractivity contribution is 5.79. The molecule has 88 valence electrons. The van der Waals surface area contributed by atoms with Gasteiger partial charge < -0.3 is 10.4 Å². The summed E-state index contributed by atoms with van der Waals surface area (Å²) >= 11 is 0. The van der Waals surface area contributed by atoms with E-state index in [2.05, 4.69) is 19.2 Å². The molecule has 0 saturated heterocycles. The van der Waals surface area contributed by atoms with Crippen molar-refractivity contribution in [2.75, 3.05) is 0 Å². The molecule has 1 amide bonds. The summed E-state index contributed by atoms with van der Waals surface area (Å²) in [6, 6.07) is 7.16. The average molecular weight is 221 g/mol. The number of phenols is 1. The second-order valence-electron chi connectivity index (χ2n) is 3.89. The number of rotatable bonds is 5. The van der Waals surface area contributed by atoms with E-state index in [4.69, 9.17) is 0 Å². The number of para-hydroxylation sites is 1. The van der Waals surface area contributed by atoms with E-state index in [0.717, 1.165) is 12.8 Å². The van der Waals surface area contributed by atoms with Gasteiger partial charge in [0.05, 0.1) is 6.42 Å². The Hall–Kier alpha value is -1.51. The summed E-state index contributed by atoms with van der Waals surface area (Å²) in [6.45, 7) is 4.10. The van der Waals surface area contributed by atoms with E-state index in [1.807, 2.05) is 6.07 Å². The minimum atomic E-state index is -0.0322. The summed E-state index contributed by atoms with van der Waals surface area (Å²) in [5.41, 5.74) is 0.672. The molecule has 1 aromatic rings. The van der Waals surface area contributed by atoms with E-state index in [9.17, 15) is 9.90 Å². The van der Waals surface area contributed by atoms with Crippen LogP contribution in [-0.2, 0) is 11.2 Å². The van der Waals surface area contributed by atoms with Gasteiger partial charge in [-0.3, -0.25) is 4.79 Å². The summed E-state index contributed by atoms with van der Waals surface area (Å²) in [5.74, 6) is 0.150. The number of benzene rings is 1. The molecule has 0 aliphatic heterocycles. The Morgan fingerprint density at radius 1 is 1.31 bits per heavy atom. The molecular formula is C13H19NO2. The molecule has 0 atom stereocenters. The minimum Gasteiger partial charge on any atom is -0.508 e. The summed E-state index contributed by atoms with van der Waals surface area (Å²) in [6.07, 6.45) is 2.11. The quantitative estimate of drug-likeness (QED) is 0.801. The largest absolute Gasteiger partial charge is 0.508 e. The molecule has 0 radical (unpaired) electrons. The molecule has 1 aromatic carbocycles. The van der Waals surface area contributed by atoms with E-state index < -0.39 is 0 Å². The fraction of sp³-hybridized carbons (Fsp3) is 0.462. The zero-order chi connectivity index (χ0) is 12.0. The van der Waals surface area contributed by atoms with Crippen molar-refractivity contribution in [3.05, 3.63) is 29.8 Å². The minimum absolute atomic E-state index is 0.0322. The van der Waals surface area contributed by atoms with E-state index in [0.29, 0.717) is 5.56 Å². The molecule has 0 aromatic heterocycles. The van der Waals surface area contributed by atoms with Crippen LogP contribution >= 0.6 is 0 Å². The van der Waals surface area contributed by atoms with Gasteiger partial charge in [-0.2, -0.15) is 0 Å². The SMILES string of the molecule is CCC(CC)NC(=O)Cc1ccccc1O. The number of hydrogen-bond acceptors (Lipinski definition) is 2. The molecule has 3 nitrogen and oxygen atoms in total. The second kappa shape index (κ2) is 6.16. The maximum atomic E-state index is 11.7. The molecule has 0 heterocycles. The molecular weight excluding hydrogens is 202 g/mol. The van der Waals surface area contributed by atoms with Gasteiger partial charge in [0.25, 0.3) is 0 Å². The van der Waals surface area contributed by atoms with Crippen LogP contribution < -0.4 is 5.32 Å². The maximum absolute atomic E-state index is 11.7. The standard InChI is InChI=1S/C13H19NO2/c1-3-11(4-2)14-13(16)9-10-7-5-6-8-12(10)15/h5-8,11,15H,3-4,9H2,1-2H3,(H,14,16). The molecule has 0 saturated carbocycles. The molecule has 16 heavy (non-hydrogen) atoms. The van der Waals surface area contributed by atoms with Crippen molar-refractivity contribution in [1.29, 1.82) is 0 Å². The van der Waals surface area contributed by atoms with Crippen LogP contribution in [0.3, 0.4) is 0 Å². The Bertz CT molecular complexity index is 346. The number of carbonyl (C=O) groups excluding carboxylic acids is 1. The lowest BCUT2D eigenvalue weighted by Gasteiger charge is -2.14. The predicted molar refractivity (Wildman–Crippen MR) is 64.3 cm³/mol. The monoisotopic (exact) mass is 221 g/mol. The Kier molecular flexibility index (Phi) is 4.83. The first-order valence-corrected chi connectivity index (χ1v) is 5.73. The van der Waals surface area contributed by atoms with E-state index >= 15 is 0 Å². The Morgan fingerprint density at radius 2 is 1.94 bits per heavy atom. The maximum Gasteiger partial charge on any atom is 0.224 e. The van der Waals surface area contributed by atoms with Gasteiger partial charge in [-0.1, -0.05) is 32.0 Å². The average Bonchev–Trinajstić information content (AvgIpc) is 2.29. The smallest absolute Gasteiger partial charge is 0.224 e. The van der Waals surface area contributed by atoms with Gasteiger partial charge in [0, 0.05) is 11.6 Å². The summed E-state index contributed by atoms with van der Waals surface area (Å²) in [7, 11) is 0. The molecule has 3 heteroatoms. The molecule has 1 rings (SSSR count). The molecule has 0 bridgehead atoms. The van der Waals surface area contributed by atoms with Gasteiger partial charge in [-0.25, -0.2) is 0 Å². The Morgan fingerprint density at radius 3 is 2.50 bits per heavy atom. The number of nitrogens with one attached hydrogen (secondary N) is 1. The first-order valence-electron chi connectivity index (χ1n) is 5.73. The summed E-state index contributed by atoms with van der Waals surface area (Å²) in [5, 5.41) is 12.5. The van der Waals surface area contributed by atoms with Gasteiger partial charge in [-0.15, -0.1) is 0 Å². The molecule has 2 N–H and O–H groups in total. The van der Waals surface area contributed by atoms with Crippen molar-refractivity contribution < 1.29 is 9.90 Å². The lowest BCUT2D eigenvalue weighted by Crippen LogP contribution is -2.34. The summed E-state index contributed by atoms with van der Waals surface area (Å²) < 4.78 is 0. The highest BCUT2D eigenvalue weighted by Gasteiger charge is 2.10. The van der Waals surface area contributed by atoms with Gasteiger partial charge >= 0.3 is 0 Å². The Balaban J connectivity index is 2.55. The third-order valence-electron chi connectivity index (χ3n) is 2.69. The second-order valence-corrected chi connectivity index (χ2v) is 3.89. The van der Waals surface area contributed by atoms with E-state index in [1.54, 1.807) is 18.2 Å². The first kappa shape index (κ1) is 12.6. The topological polar surface area (TPSA) is 49.3 Å². The third-order valence-corrected chi connectivity index (χ3v) is 2.69. The van der Waals surface area contributed by atoms with Crippen LogP contribution in [0.2, 0.25) is 0 Å². The van der Waals surface area contributed by atoms with Gasteiger partial charge in [-0.05, 0) is 18.9 Å². The highest BCUT2D eigenvalue weighted by atomic mass is 16.3. The van der Waals surface area contributed by atoms with Crippen LogP contribution in [0.5, 0.6) is 5.75 Å². The molecule has 0 aliphatic carbocycles. The fourth-order valence-corrected chi connectivity index (χ4v) is 1.60. The number of phenolic OH excluding ortho intramolecular Hbond substituents is 1. The van der Waals surface area contributed by atoms with Gasteiger partial charge in [0.15, 0.2) is 0 Å². The molecule has 0 aliphatic rings. The number of hydrogen-bond donors (Lipinski definition) is 2. The first-order chi connectivity index (χ1) is 7.67. The zero-order valence-electron chi connectivity index (χ0n) is 9.86. The lowest BCUT2D eigenvalue weighted by molar-refractivity contribution is -0.121. The van der Waals surface area contributed by atoms with Crippen LogP contribution in [0.25, 0.3) is 0 Å². The van der Waals surface area contributed by atoms with Crippen molar-refractivity contribution >= 4 is 5.91 Å². The van der Waals surface area contributed by atoms with Crippen LogP contribution in [-0.4, -0.2) is 17.1 Å². The highest BCUT2D eigenvalue weighted by Crippen LogP contribution is 2.15. The third kappa shape index (κ3) is 3.57. The van der Waals surface area contributed by atoms with Crippen LogP contribution in [0.1, 0.15) is 32.3 Å². The van der Waals surface area contributed by atoms with Gasteiger partial charge in [0.2, 0.25) is 5.91 Å². The van der Waals surface area contributed by atoms with Crippen LogP contribution in [0, 0.1) is 0 Å². The zero-order valence-corrected chi connectivity index (χ0v) is 9.86. The van der Waals surface area contributed by atoms with Crippen molar-refractivity contribution in [3.63, 3.8) is 0 Å². The predicted octanol–water partition coefficient (Wildman–Crippen LogP) is 2.24. The van der Waals surface area contributed by atoms with Gasteiger partial charge in [0.1, 0.15) is 5.75 Å². The van der Waals surface area contributed by atoms with Crippen molar-refractivity contribution in [2.45, 2.75) is 39.2 Å². The van der Waals surface area contributed by atoms with E-state index in [-0.39, 0.29) is 24.1 Å². The van der Waals surface area contributed by atoms with Crippen molar-refractivity contribution in [2.24, 2.45) is 0 Å². The molecule has 0 unspecified atom stereocenters. The number of carbonyl (C=O) groups is 1. The molecule has 0 spiro atoms. The van der Waals surface area contributed by atoms with Crippen LogP contribution in [0.15, 0.2) is 24.3 Å². The molecule has 0 fully saturated rings.